The smallest absolute Gasteiger partial charge is 0.0541 e. The number of nitrogens with zero attached hydrogens (tertiary/aromatic N) is 2. The van der Waals surface area contributed by atoms with E-state index in [9.17, 15) is 0 Å². The van der Waals surface area contributed by atoms with Crippen LogP contribution in [0.5, 0.6) is 0 Å². The Balaban J connectivity index is 0.914. The van der Waals surface area contributed by atoms with Gasteiger partial charge in [0.2, 0.25) is 0 Å². The minimum Gasteiger partial charge on any atom is -0.310 e. The van der Waals surface area contributed by atoms with Gasteiger partial charge in [0.25, 0.3) is 0 Å². The van der Waals surface area contributed by atoms with Crippen LogP contribution in [0.1, 0.15) is 0 Å². The van der Waals surface area contributed by atoms with Gasteiger partial charge >= 0.3 is 0 Å². The third-order valence-electron chi connectivity index (χ3n) is 12.4. The molecule has 0 saturated carbocycles. The summed E-state index contributed by atoms with van der Waals surface area (Å²) in [7, 11) is 0. The number of rotatable bonds is 8. The van der Waals surface area contributed by atoms with Crippen LogP contribution in [0.25, 0.3) is 92.2 Å². The Morgan fingerprint density at radius 1 is 0.270 bits per heavy atom. The molecule has 2 heterocycles. The van der Waals surface area contributed by atoms with Gasteiger partial charge in [-0.2, -0.15) is 0 Å². The molecule has 10 aromatic carbocycles. The van der Waals surface area contributed by atoms with E-state index in [-0.39, 0.29) is 0 Å². The summed E-state index contributed by atoms with van der Waals surface area (Å²) in [6.07, 6.45) is 0. The number of aromatic nitrogens is 1. The number of anilines is 3. The fourth-order valence-corrected chi connectivity index (χ4v) is 10.5. The fourth-order valence-electron chi connectivity index (χ4n) is 9.32. The average Bonchev–Trinajstić information content (AvgIpc) is 3.90. The van der Waals surface area contributed by atoms with Crippen LogP contribution in [0.3, 0.4) is 0 Å². The van der Waals surface area contributed by atoms with E-state index < -0.39 is 0 Å². The summed E-state index contributed by atoms with van der Waals surface area (Å²) in [5.74, 6) is 0. The number of fused-ring (bicyclic) bond motifs is 6. The van der Waals surface area contributed by atoms with E-state index in [0.717, 1.165) is 22.7 Å². The maximum atomic E-state index is 2.44. The minimum atomic E-state index is 1.12. The standard InChI is InChI=1S/C60H40N2S/c1-4-15-41(16-5-1)47-36-48(42-17-6-2-7-18-42)38-52(37-47)62-57-25-12-10-23-53(57)56-39-46(29-34-58(56)62)45-20-14-19-44(35-45)43-27-30-50(31-28-43)61(49-21-8-3-9-22-49)51-32-33-55-54-24-11-13-26-59(54)63-60(55)40-51/h1-40H. The van der Waals surface area contributed by atoms with Crippen molar-refractivity contribution >= 4 is 70.4 Å². The Morgan fingerprint density at radius 3 is 1.49 bits per heavy atom. The van der Waals surface area contributed by atoms with Crippen molar-refractivity contribution in [1.82, 2.24) is 4.57 Å². The molecule has 12 aromatic rings. The van der Waals surface area contributed by atoms with Gasteiger partial charge in [0, 0.05) is 53.7 Å². The third kappa shape index (κ3) is 6.67. The molecule has 0 atom stereocenters. The summed E-state index contributed by atoms with van der Waals surface area (Å²) in [4.78, 5) is 2.36. The number of benzene rings is 10. The maximum Gasteiger partial charge on any atom is 0.0541 e. The van der Waals surface area contributed by atoms with Crippen molar-refractivity contribution in [2.75, 3.05) is 4.90 Å². The van der Waals surface area contributed by atoms with E-state index in [4.69, 9.17) is 0 Å². The molecule has 0 spiro atoms. The van der Waals surface area contributed by atoms with Crippen LogP contribution < -0.4 is 4.90 Å². The van der Waals surface area contributed by atoms with Gasteiger partial charge in [-0.15, -0.1) is 11.3 Å². The lowest BCUT2D eigenvalue weighted by Gasteiger charge is -2.25. The summed E-state index contributed by atoms with van der Waals surface area (Å²) in [6.45, 7) is 0. The SMILES string of the molecule is c1ccc(-c2cc(-c3ccccc3)cc(-n3c4ccccc4c4cc(-c5cccc(-c6ccc(N(c7ccccc7)c7ccc8c(c7)sc7ccccc78)cc6)c5)ccc43)c2)cc1. The Labute approximate surface area is 370 Å². The summed E-state index contributed by atoms with van der Waals surface area (Å²) >= 11 is 1.86. The van der Waals surface area contributed by atoms with Gasteiger partial charge in [-0.25, -0.2) is 0 Å². The molecule has 0 saturated heterocycles. The van der Waals surface area contributed by atoms with E-state index in [2.05, 4.69) is 252 Å². The first-order valence-corrected chi connectivity index (χ1v) is 22.3. The molecule has 63 heavy (non-hydrogen) atoms. The molecule has 0 N–H and O–H groups in total. The molecule has 12 rings (SSSR count). The van der Waals surface area contributed by atoms with Crippen LogP contribution in [0, 0.1) is 0 Å². The molecule has 2 nitrogen and oxygen atoms in total. The molecule has 0 radical (unpaired) electrons. The predicted molar refractivity (Wildman–Crippen MR) is 270 cm³/mol. The Hall–Kier alpha value is -7.98. The van der Waals surface area contributed by atoms with Crippen molar-refractivity contribution in [3.8, 4) is 50.2 Å². The highest BCUT2D eigenvalue weighted by Crippen LogP contribution is 2.42. The zero-order valence-electron chi connectivity index (χ0n) is 34.4. The van der Waals surface area contributed by atoms with E-state index in [0.29, 0.717) is 0 Å². The Morgan fingerprint density at radius 2 is 0.762 bits per heavy atom. The monoisotopic (exact) mass is 820 g/mol. The van der Waals surface area contributed by atoms with Crippen molar-refractivity contribution in [2.24, 2.45) is 0 Å². The topological polar surface area (TPSA) is 8.17 Å². The van der Waals surface area contributed by atoms with Crippen molar-refractivity contribution in [3.63, 3.8) is 0 Å². The third-order valence-corrected chi connectivity index (χ3v) is 13.5. The van der Waals surface area contributed by atoms with Crippen LogP contribution in [0.15, 0.2) is 243 Å². The molecular formula is C60H40N2S. The number of hydrogen-bond donors (Lipinski definition) is 0. The van der Waals surface area contributed by atoms with Crippen LogP contribution in [0.2, 0.25) is 0 Å². The number of para-hydroxylation sites is 2. The minimum absolute atomic E-state index is 1.12. The van der Waals surface area contributed by atoms with Crippen molar-refractivity contribution in [2.45, 2.75) is 0 Å². The Bertz CT molecular complexity index is 3550. The molecule has 0 aliphatic rings. The quantitative estimate of drug-likeness (QED) is 0.148. The zero-order chi connectivity index (χ0) is 41.7. The zero-order valence-corrected chi connectivity index (χ0v) is 35.2. The van der Waals surface area contributed by atoms with Gasteiger partial charge in [-0.3, -0.25) is 0 Å². The molecule has 2 aromatic heterocycles. The van der Waals surface area contributed by atoms with E-state index in [1.165, 1.54) is 86.5 Å². The summed E-state index contributed by atoms with van der Waals surface area (Å²) in [5.41, 5.74) is 16.5. The normalized spacial score (nSPS) is 11.5. The van der Waals surface area contributed by atoms with Gasteiger partial charge < -0.3 is 9.47 Å². The first kappa shape index (κ1) is 36.8. The summed E-state index contributed by atoms with van der Waals surface area (Å²) in [5, 5.41) is 5.09. The highest BCUT2D eigenvalue weighted by molar-refractivity contribution is 7.25. The predicted octanol–water partition coefficient (Wildman–Crippen LogP) is 17.3. The van der Waals surface area contributed by atoms with Gasteiger partial charge in [0.1, 0.15) is 0 Å². The lowest BCUT2D eigenvalue weighted by molar-refractivity contribution is 1.18. The highest BCUT2D eigenvalue weighted by Gasteiger charge is 2.18. The fraction of sp³-hybridized carbons (Fsp3) is 0. The average molecular weight is 821 g/mol. The van der Waals surface area contributed by atoms with Crippen LogP contribution in [0.4, 0.5) is 17.1 Å². The summed E-state index contributed by atoms with van der Waals surface area (Å²) < 4.78 is 5.04. The number of thiophene rings is 1. The second-order valence-electron chi connectivity index (χ2n) is 16.2. The summed E-state index contributed by atoms with van der Waals surface area (Å²) in [6, 6.07) is 88.4. The van der Waals surface area contributed by atoms with Gasteiger partial charge in [0.05, 0.1) is 11.0 Å². The molecule has 0 bridgehead atoms. The van der Waals surface area contributed by atoms with E-state index >= 15 is 0 Å². The molecule has 0 unspecified atom stereocenters. The number of hydrogen-bond acceptors (Lipinski definition) is 2. The van der Waals surface area contributed by atoms with E-state index in [1.54, 1.807) is 0 Å². The second-order valence-corrected chi connectivity index (χ2v) is 17.2. The lowest BCUT2D eigenvalue weighted by atomic mass is 9.97. The molecule has 0 fully saturated rings. The largest absolute Gasteiger partial charge is 0.310 e. The second kappa shape index (κ2) is 15.5. The van der Waals surface area contributed by atoms with Crippen LogP contribution in [-0.2, 0) is 0 Å². The molecule has 3 heteroatoms. The first-order valence-electron chi connectivity index (χ1n) is 21.5. The first-order chi connectivity index (χ1) is 31.2. The van der Waals surface area contributed by atoms with Crippen LogP contribution in [-0.4, -0.2) is 4.57 Å². The lowest BCUT2D eigenvalue weighted by Crippen LogP contribution is -2.09. The molecular weight excluding hydrogens is 781 g/mol. The van der Waals surface area contributed by atoms with Gasteiger partial charge in [-0.05, 0) is 129 Å². The van der Waals surface area contributed by atoms with Gasteiger partial charge in [0.15, 0.2) is 0 Å². The molecule has 296 valence electrons. The van der Waals surface area contributed by atoms with Crippen molar-refractivity contribution in [3.05, 3.63) is 243 Å². The highest BCUT2D eigenvalue weighted by atomic mass is 32.1. The van der Waals surface area contributed by atoms with Crippen molar-refractivity contribution in [1.29, 1.82) is 0 Å². The maximum absolute atomic E-state index is 2.44. The van der Waals surface area contributed by atoms with Crippen LogP contribution >= 0.6 is 11.3 Å². The molecule has 0 aliphatic carbocycles. The van der Waals surface area contributed by atoms with Crippen molar-refractivity contribution < 1.29 is 0 Å². The van der Waals surface area contributed by atoms with E-state index in [1.807, 2.05) is 11.3 Å². The van der Waals surface area contributed by atoms with Gasteiger partial charge in [-0.1, -0.05) is 158 Å². The Kier molecular flexibility index (Phi) is 9.06. The molecule has 0 amide bonds. The molecule has 0 aliphatic heterocycles.